The molecule has 9 nitrogen and oxygen atoms in total. The summed E-state index contributed by atoms with van der Waals surface area (Å²) < 4.78 is 19.0. The lowest BCUT2D eigenvalue weighted by molar-refractivity contribution is 0.665. The Hall–Kier alpha value is -7.52. The molecule has 0 aliphatic carbocycles. The molecule has 0 aliphatic heterocycles. The predicted octanol–water partition coefficient (Wildman–Crippen LogP) is 11.9. The molecule has 5 aromatic heterocycles. The summed E-state index contributed by atoms with van der Waals surface area (Å²) in [6, 6.07) is 52.4. The monoisotopic (exact) mass is 686 g/mol. The van der Waals surface area contributed by atoms with Gasteiger partial charge in [0.25, 0.3) is 0 Å². The number of furan rings is 3. The zero-order valence-corrected chi connectivity index (χ0v) is 27.9. The smallest absolute Gasteiger partial charge is 0.164 e. The molecule has 0 fully saturated rings. The normalized spacial score (nSPS) is 11.8. The van der Waals surface area contributed by atoms with Crippen LogP contribution in [0, 0.1) is 0 Å². The lowest BCUT2D eigenvalue weighted by Crippen LogP contribution is -2.12. The Kier molecular flexibility index (Phi) is 6.35. The summed E-state index contributed by atoms with van der Waals surface area (Å²) in [5.41, 5.74) is 8.95. The maximum Gasteiger partial charge on any atom is 0.164 e. The first kappa shape index (κ1) is 29.2. The van der Waals surface area contributed by atoms with Crippen LogP contribution in [0.5, 0.6) is 0 Å². The average Bonchev–Trinajstić information content (AvgIpc) is 3.89. The minimum atomic E-state index is 0.526. The van der Waals surface area contributed by atoms with Crippen molar-refractivity contribution in [1.82, 2.24) is 20.4 Å². The van der Waals surface area contributed by atoms with Crippen molar-refractivity contribution >= 4 is 100 Å². The number of aromatic nitrogens is 4. The van der Waals surface area contributed by atoms with Crippen LogP contribution in [0.25, 0.3) is 66.1 Å². The van der Waals surface area contributed by atoms with E-state index in [1.54, 1.807) is 0 Å². The van der Waals surface area contributed by atoms with Crippen molar-refractivity contribution in [2.75, 3.05) is 9.80 Å². The predicted molar refractivity (Wildman–Crippen MR) is 209 cm³/mol. The van der Waals surface area contributed by atoms with Gasteiger partial charge in [-0.25, -0.2) is 0 Å². The van der Waals surface area contributed by atoms with Crippen molar-refractivity contribution in [3.63, 3.8) is 0 Å². The molecule has 0 atom stereocenters. The zero-order chi connectivity index (χ0) is 34.9. The van der Waals surface area contributed by atoms with Crippen molar-refractivity contribution in [3.05, 3.63) is 158 Å². The highest BCUT2D eigenvalue weighted by atomic mass is 16.3. The summed E-state index contributed by atoms with van der Waals surface area (Å²) in [5.74, 6) is 1.16. The molecular formula is C44H26N6O3. The summed E-state index contributed by atoms with van der Waals surface area (Å²) in [6.45, 7) is 0. The first-order valence-electron chi connectivity index (χ1n) is 17.2. The van der Waals surface area contributed by atoms with Gasteiger partial charge in [0, 0.05) is 57.2 Å². The Morgan fingerprint density at radius 2 is 0.698 bits per heavy atom. The van der Waals surface area contributed by atoms with Gasteiger partial charge in [-0.15, -0.1) is 20.4 Å². The van der Waals surface area contributed by atoms with E-state index in [2.05, 4.69) is 46.6 Å². The van der Waals surface area contributed by atoms with Gasteiger partial charge < -0.3 is 13.3 Å². The van der Waals surface area contributed by atoms with E-state index in [1.807, 2.05) is 131 Å². The van der Waals surface area contributed by atoms with Gasteiger partial charge in [0.1, 0.15) is 22.3 Å². The lowest BCUT2D eigenvalue weighted by atomic mass is 10.1. The Bertz CT molecular complexity index is 2940. The van der Waals surface area contributed by atoms with Gasteiger partial charge in [-0.2, -0.15) is 0 Å². The van der Waals surface area contributed by atoms with Crippen LogP contribution in [0.15, 0.2) is 171 Å². The summed E-state index contributed by atoms with van der Waals surface area (Å²) in [4.78, 5) is 4.07. The Morgan fingerprint density at radius 1 is 0.302 bits per heavy atom. The molecular weight excluding hydrogens is 661 g/mol. The molecule has 0 amide bonds. The minimum Gasteiger partial charge on any atom is -0.456 e. The first-order valence-corrected chi connectivity index (χ1v) is 17.2. The molecule has 0 radical (unpaired) electrons. The van der Waals surface area contributed by atoms with Crippen LogP contribution in [-0.4, -0.2) is 20.4 Å². The summed E-state index contributed by atoms with van der Waals surface area (Å²) >= 11 is 0. The van der Waals surface area contributed by atoms with Gasteiger partial charge >= 0.3 is 0 Å². The fraction of sp³-hybridized carbons (Fsp3) is 0. The standard InChI is InChI=1S/C44H26N6O3/c1-3-11-27(12-4-1)49(29-19-21-33-31-15-7-9-17-35(31)51-37(33)23-29)41-25-39-43(47-45-41)44-40(53-39)26-42(46-48-44)50(28-13-5-2-6-14-28)30-20-22-34-32-16-8-10-18-36(32)52-38(34)24-30/h1-26H. The molecule has 6 aromatic carbocycles. The van der Waals surface area contributed by atoms with Gasteiger partial charge in [0.15, 0.2) is 33.8 Å². The number of fused-ring (bicyclic) bond motifs is 9. The molecule has 9 heteroatoms. The second-order valence-electron chi connectivity index (χ2n) is 12.8. The zero-order valence-electron chi connectivity index (χ0n) is 27.9. The topological polar surface area (TPSA) is 97.5 Å². The number of rotatable bonds is 6. The number of para-hydroxylation sites is 4. The van der Waals surface area contributed by atoms with E-state index in [4.69, 9.17) is 23.4 Å². The fourth-order valence-electron chi connectivity index (χ4n) is 7.24. The van der Waals surface area contributed by atoms with Gasteiger partial charge in [-0.1, -0.05) is 72.8 Å². The second-order valence-corrected chi connectivity index (χ2v) is 12.8. The highest BCUT2D eigenvalue weighted by Gasteiger charge is 2.22. The average molecular weight is 687 g/mol. The van der Waals surface area contributed by atoms with E-state index < -0.39 is 0 Å². The van der Waals surface area contributed by atoms with Gasteiger partial charge in [-0.3, -0.25) is 9.80 Å². The molecule has 0 N–H and O–H groups in total. The third-order valence-electron chi connectivity index (χ3n) is 9.66. The number of nitrogens with zero attached hydrogens (tertiary/aromatic N) is 6. The van der Waals surface area contributed by atoms with Crippen molar-refractivity contribution in [2.45, 2.75) is 0 Å². The number of anilines is 6. The quantitative estimate of drug-likeness (QED) is 0.169. The number of hydrogen-bond acceptors (Lipinski definition) is 9. The molecule has 53 heavy (non-hydrogen) atoms. The van der Waals surface area contributed by atoms with E-state index in [0.29, 0.717) is 33.8 Å². The van der Waals surface area contributed by atoms with E-state index in [0.717, 1.165) is 66.6 Å². The van der Waals surface area contributed by atoms with Gasteiger partial charge in [0.2, 0.25) is 0 Å². The molecule has 5 heterocycles. The van der Waals surface area contributed by atoms with Crippen LogP contribution in [0.4, 0.5) is 34.4 Å². The van der Waals surface area contributed by atoms with Crippen molar-refractivity contribution in [2.24, 2.45) is 0 Å². The SMILES string of the molecule is c1ccc(N(c2ccc3c(c2)oc2ccccc23)c2cc3oc4cc(N(c5ccccc5)c5ccc6c(c5)oc5ccccc56)nnc4c3nn2)cc1. The van der Waals surface area contributed by atoms with E-state index >= 15 is 0 Å². The number of hydrogen-bond donors (Lipinski definition) is 0. The van der Waals surface area contributed by atoms with Gasteiger partial charge in [-0.05, 0) is 60.7 Å². The lowest BCUT2D eigenvalue weighted by Gasteiger charge is -2.23. The summed E-state index contributed by atoms with van der Waals surface area (Å²) in [6.07, 6.45) is 0. The van der Waals surface area contributed by atoms with Crippen LogP contribution in [0.3, 0.4) is 0 Å². The fourth-order valence-corrected chi connectivity index (χ4v) is 7.24. The molecule has 250 valence electrons. The molecule has 0 saturated carbocycles. The molecule has 0 bridgehead atoms. The second kappa shape index (κ2) is 11.5. The molecule has 0 saturated heterocycles. The first-order chi connectivity index (χ1) is 26.2. The van der Waals surface area contributed by atoms with Gasteiger partial charge in [0.05, 0.1) is 11.4 Å². The third-order valence-corrected chi connectivity index (χ3v) is 9.66. The minimum absolute atomic E-state index is 0.526. The highest BCUT2D eigenvalue weighted by molar-refractivity contribution is 6.07. The molecule has 0 spiro atoms. The molecule has 0 unspecified atom stereocenters. The highest BCUT2D eigenvalue weighted by Crippen LogP contribution is 2.41. The van der Waals surface area contributed by atoms with Crippen LogP contribution < -0.4 is 9.80 Å². The molecule has 11 rings (SSSR count). The summed E-state index contributed by atoms with van der Waals surface area (Å²) in [7, 11) is 0. The van der Waals surface area contributed by atoms with Crippen molar-refractivity contribution in [3.8, 4) is 0 Å². The maximum atomic E-state index is 6.50. The molecule has 11 aromatic rings. The van der Waals surface area contributed by atoms with Crippen molar-refractivity contribution < 1.29 is 13.3 Å². The Labute approximate surface area is 300 Å². The van der Waals surface area contributed by atoms with Crippen LogP contribution in [0.2, 0.25) is 0 Å². The Balaban J connectivity index is 1.03. The van der Waals surface area contributed by atoms with Crippen LogP contribution >= 0.6 is 0 Å². The van der Waals surface area contributed by atoms with Crippen LogP contribution in [0.1, 0.15) is 0 Å². The Morgan fingerprint density at radius 3 is 1.17 bits per heavy atom. The maximum absolute atomic E-state index is 6.50. The van der Waals surface area contributed by atoms with E-state index in [9.17, 15) is 0 Å². The number of benzene rings is 6. The van der Waals surface area contributed by atoms with E-state index in [1.165, 1.54) is 0 Å². The molecule has 0 aliphatic rings. The largest absolute Gasteiger partial charge is 0.456 e. The van der Waals surface area contributed by atoms with Crippen molar-refractivity contribution in [1.29, 1.82) is 0 Å². The van der Waals surface area contributed by atoms with Crippen LogP contribution in [-0.2, 0) is 0 Å². The summed E-state index contributed by atoms with van der Waals surface area (Å²) in [5, 5.41) is 22.9. The third kappa shape index (κ3) is 4.71. The van der Waals surface area contributed by atoms with E-state index in [-0.39, 0.29) is 0 Å².